The molecule has 24 heavy (non-hydrogen) atoms. The fourth-order valence-electron chi connectivity index (χ4n) is 4.84. The van der Waals surface area contributed by atoms with E-state index in [2.05, 4.69) is 34.4 Å². The molecule has 5 atom stereocenters. The molecular weight excluding hydrogens is 322 g/mol. The molecule has 0 aromatic carbocycles. The zero-order chi connectivity index (χ0) is 16.7. The van der Waals surface area contributed by atoms with E-state index in [9.17, 15) is 4.79 Å². The lowest BCUT2D eigenvalue weighted by Gasteiger charge is -2.34. The van der Waals surface area contributed by atoms with Gasteiger partial charge in [-0.1, -0.05) is 6.42 Å². The zero-order valence-electron chi connectivity index (χ0n) is 14.5. The lowest BCUT2D eigenvalue weighted by atomic mass is 9.88. The molecule has 2 aliphatic carbocycles. The van der Waals surface area contributed by atoms with Crippen LogP contribution in [-0.2, 0) is 16.1 Å². The number of anilines is 1. The number of rotatable bonds is 4. The molecule has 1 N–H and O–H groups in total. The number of nitrogens with zero attached hydrogens (tertiary/aromatic N) is 2. The number of hydrogen-bond donors (Lipinski definition) is 1. The summed E-state index contributed by atoms with van der Waals surface area (Å²) in [4.78, 5) is 19.5. The van der Waals surface area contributed by atoms with Crippen LogP contribution in [0.5, 0.6) is 0 Å². The molecule has 1 aromatic rings. The van der Waals surface area contributed by atoms with E-state index in [1.165, 1.54) is 19.3 Å². The number of aromatic nitrogens is 1. The van der Waals surface area contributed by atoms with Gasteiger partial charge in [0.05, 0.1) is 17.9 Å². The first kappa shape index (κ1) is 16.5. The third kappa shape index (κ3) is 3.51. The Bertz CT molecular complexity index is 595. The summed E-state index contributed by atoms with van der Waals surface area (Å²) >= 11 is 1.55. The van der Waals surface area contributed by atoms with Gasteiger partial charge in [-0.15, -0.1) is 11.3 Å². The van der Waals surface area contributed by atoms with Gasteiger partial charge in [-0.2, -0.15) is 0 Å². The van der Waals surface area contributed by atoms with Crippen LogP contribution in [0.25, 0.3) is 0 Å². The summed E-state index contributed by atoms with van der Waals surface area (Å²) in [5.41, 5.74) is 1.05. The summed E-state index contributed by atoms with van der Waals surface area (Å²) in [6.45, 7) is 6.94. The smallest absolute Gasteiger partial charge is 0.229 e. The highest BCUT2D eigenvalue weighted by Gasteiger charge is 2.43. The molecule has 0 spiro atoms. The average molecular weight is 350 g/mol. The van der Waals surface area contributed by atoms with Gasteiger partial charge < -0.3 is 10.1 Å². The van der Waals surface area contributed by atoms with Gasteiger partial charge in [0.2, 0.25) is 5.91 Å². The van der Waals surface area contributed by atoms with Crippen LogP contribution in [-0.4, -0.2) is 41.1 Å². The topological polar surface area (TPSA) is 54.5 Å². The van der Waals surface area contributed by atoms with E-state index < -0.39 is 0 Å². The van der Waals surface area contributed by atoms with E-state index in [0.29, 0.717) is 5.92 Å². The summed E-state index contributed by atoms with van der Waals surface area (Å²) in [6, 6.07) is 0. The summed E-state index contributed by atoms with van der Waals surface area (Å²) in [5, 5.41) is 5.90. The van der Waals surface area contributed by atoms with Gasteiger partial charge in [0.1, 0.15) is 0 Å². The fourth-order valence-corrected chi connectivity index (χ4v) is 5.55. The Balaban J connectivity index is 1.32. The van der Waals surface area contributed by atoms with Gasteiger partial charge >= 0.3 is 0 Å². The van der Waals surface area contributed by atoms with Crippen molar-refractivity contribution in [3.8, 4) is 0 Å². The van der Waals surface area contributed by atoms with Crippen molar-refractivity contribution in [2.75, 3.05) is 18.4 Å². The molecule has 2 bridgehead atoms. The number of nitrogens with one attached hydrogen (secondary N) is 1. The molecule has 132 valence electrons. The normalized spacial score (nSPS) is 36.2. The van der Waals surface area contributed by atoms with Crippen LogP contribution in [0.4, 0.5) is 5.13 Å². The van der Waals surface area contributed by atoms with Gasteiger partial charge in [-0.05, 0) is 44.9 Å². The van der Waals surface area contributed by atoms with Crippen LogP contribution in [0.2, 0.25) is 0 Å². The molecule has 1 aliphatic heterocycles. The summed E-state index contributed by atoms with van der Waals surface area (Å²) in [7, 11) is 0. The van der Waals surface area contributed by atoms with Crippen LogP contribution < -0.4 is 5.32 Å². The first-order valence-corrected chi connectivity index (χ1v) is 10.1. The Labute approximate surface area is 147 Å². The number of ether oxygens (including phenoxy) is 1. The molecular formula is C18H27N3O2S. The third-order valence-electron chi connectivity index (χ3n) is 5.74. The summed E-state index contributed by atoms with van der Waals surface area (Å²) < 4.78 is 5.78. The van der Waals surface area contributed by atoms with Crippen molar-refractivity contribution >= 4 is 22.4 Å². The first-order valence-electron chi connectivity index (χ1n) is 9.20. The third-order valence-corrected chi connectivity index (χ3v) is 6.54. The standard InChI is InChI=1S/C18H27N3O2S/c1-11-7-21(8-12(2)23-11)9-15-10-24-18(19-15)20-17(22)16-6-13-3-4-14(16)5-13/h10-14,16H,3-9H2,1-2H3,(H,19,20,22). The molecule has 4 rings (SSSR count). The van der Waals surface area contributed by atoms with Gasteiger partial charge in [-0.25, -0.2) is 4.98 Å². The second-order valence-electron chi connectivity index (χ2n) is 7.87. The van der Waals surface area contributed by atoms with E-state index >= 15 is 0 Å². The van der Waals surface area contributed by atoms with Crippen molar-refractivity contribution in [3.63, 3.8) is 0 Å². The van der Waals surface area contributed by atoms with Gasteiger partial charge in [0.25, 0.3) is 0 Å². The Morgan fingerprint density at radius 2 is 2.12 bits per heavy atom. The number of amides is 1. The number of carbonyl (C=O) groups excluding carboxylic acids is 1. The monoisotopic (exact) mass is 349 g/mol. The number of carbonyl (C=O) groups is 1. The number of morpholine rings is 1. The average Bonchev–Trinajstić information content (AvgIpc) is 3.23. The number of hydrogen-bond acceptors (Lipinski definition) is 5. The molecule has 2 saturated carbocycles. The minimum absolute atomic E-state index is 0.191. The highest BCUT2D eigenvalue weighted by atomic mass is 32.1. The van der Waals surface area contributed by atoms with Crippen LogP contribution in [0.1, 0.15) is 45.2 Å². The van der Waals surface area contributed by atoms with Crippen molar-refractivity contribution in [1.82, 2.24) is 9.88 Å². The van der Waals surface area contributed by atoms with Crippen LogP contribution in [0, 0.1) is 17.8 Å². The van der Waals surface area contributed by atoms with Gasteiger partial charge in [0.15, 0.2) is 5.13 Å². The number of fused-ring (bicyclic) bond motifs is 2. The zero-order valence-corrected chi connectivity index (χ0v) is 15.3. The molecule has 0 radical (unpaired) electrons. The molecule has 5 nitrogen and oxygen atoms in total. The highest BCUT2D eigenvalue weighted by Crippen LogP contribution is 2.48. The van der Waals surface area contributed by atoms with Crippen molar-refractivity contribution in [2.24, 2.45) is 17.8 Å². The lowest BCUT2D eigenvalue weighted by molar-refractivity contribution is -0.121. The molecule has 3 aliphatic rings. The quantitative estimate of drug-likeness (QED) is 0.907. The van der Waals surface area contributed by atoms with E-state index in [4.69, 9.17) is 4.74 Å². The lowest BCUT2D eigenvalue weighted by Crippen LogP contribution is -2.44. The van der Waals surface area contributed by atoms with E-state index in [0.717, 1.165) is 42.8 Å². The van der Waals surface area contributed by atoms with Crippen molar-refractivity contribution in [2.45, 2.75) is 58.3 Å². The predicted octanol–water partition coefficient (Wildman–Crippen LogP) is 3.13. The molecule has 3 fully saturated rings. The van der Waals surface area contributed by atoms with Crippen molar-refractivity contribution < 1.29 is 9.53 Å². The minimum Gasteiger partial charge on any atom is -0.373 e. The molecule has 1 amide bonds. The highest BCUT2D eigenvalue weighted by molar-refractivity contribution is 7.13. The maximum Gasteiger partial charge on any atom is 0.229 e. The van der Waals surface area contributed by atoms with Crippen molar-refractivity contribution in [1.29, 1.82) is 0 Å². The molecule has 1 saturated heterocycles. The van der Waals surface area contributed by atoms with Gasteiger partial charge in [-0.3, -0.25) is 9.69 Å². The Hall–Kier alpha value is -0.980. The second-order valence-corrected chi connectivity index (χ2v) is 8.72. The van der Waals surface area contributed by atoms with Gasteiger partial charge in [0, 0.05) is 30.9 Å². The predicted molar refractivity (Wildman–Crippen MR) is 95.0 cm³/mol. The molecule has 5 unspecified atom stereocenters. The molecule has 6 heteroatoms. The minimum atomic E-state index is 0.191. The SMILES string of the molecule is CC1CN(Cc2csc(NC(=O)C3CC4CCC3C4)n2)CC(C)O1. The van der Waals surface area contributed by atoms with Crippen molar-refractivity contribution in [3.05, 3.63) is 11.1 Å². The van der Waals surface area contributed by atoms with Crippen LogP contribution in [0.3, 0.4) is 0 Å². The Morgan fingerprint density at radius 3 is 2.79 bits per heavy atom. The largest absolute Gasteiger partial charge is 0.373 e. The van der Waals surface area contributed by atoms with E-state index in [1.54, 1.807) is 11.3 Å². The summed E-state index contributed by atoms with van der Waals surface area (Å²) in [6.07, 6.45) is 5.44. The Kier molecular flexibility index (Phi) is 4.62. The maximum atomic E-state index is 12.5. The van der Waals surface area contributed by atoms with E-state index in [-0.39, 0.29) is 24.0 Å². The molecule has 2 heterocycles. The summed E-state index contributed by atoms with van der Waals surface area (Å²) in [5.74, 6) is 1.82. The Morgan fingerprint density at radius 1 is 1.33 bits per heavy atom. The molecule has 1 aromatic heterocycles. The fraction of sp³-hybridized carbons (Fsp3) is 0.778. The second kappa shape index (κ2) is 6.73. The first-order chi connectivity index (χ1) is 11.6. The van der Waals surface area contributed by atoms with Crippen LogP contribution >= 0.6 is 11.3 Å². The van der Waals surface area contributed by atoms with Crippen LogP contribution in [0.15, 0.2) is 5.38 Å². The van der Waals surface area contributed by atoms with E-state index in [1.807, 2.05) is 0 Å². The number of thiazole rings is 1. The maximum absolute atomic E-state index is 12.5.